The van der Waals surface area contributed by atoms with E-state index in [1.54, 1.807) is 31.2 Å². The van der Waals surface area contributed by atoms with E-state index in [4.69, 9.17) is 9.84 Å². The molecule has 2 amide bonds. The van der Waals surface area contributed by atoms with Crippen molar-refractivity contribution in [2.24, 2.45) is 0 Å². The Labute approximate surface area is 138 Å². The second-order valence-corrected chi connectivity index (χ2v) is 5.97. The number of para-hydroxylation sites is 2. The number of carbonyl (C=O) groups is 3. The summed E-state index contributed by atoms with van der Waals surface area (Å²) in [5.41, 5.74) is 0.569. The van der Waals surface area contributed by atoms with Gasteiger partial charge in [0.2, 0.25) is 11.8 Å². The molecule has 0 fully saturated rings. The molecule has 0 bridgehead atoms. The summed E-state index contributed by atoms with van der Waals surface area (Å²) in [6.07, 6.45) is -0.128. The second-order valence-electron chi connectivity index (χ2n) is 4.64. The molecule has 7 nitrogen and oxygen atoms in total. The summed E-state index contributed by atoms with van der Waals surface area (Å²) < 4.78 is 5.14. The number of nitrogens with one attached hydrogen (secondary N) is 2. The summed E-state index contributed by atoms with van der Waals surface area (Å²) in [6.45, 7) is 1.74. The first-order valence-corrected chi connectivity index (χ1v) is 8.03. The van der Waals surface area contributed by atoms with E-state index < -0.39 is 11.2 Å². The van der Waals surface area contributed by atoms with Crippen molar-refractivity contribution in [3.8, 4) is 5.75 Å². The molecule has 1 aromatic carbocycles. The van der Waals surface area contributed by atoms with E-state index in [1.807, 2.05) is 0 Å². The largest absolute Gasteiger partial charge is 0.495 e. The molecule has 0 saturated carbocycles. The standard InChI is InChI=1S/C15H20N2O5S/c1-10(15(21)16-8-7-14(19)20)23-9-13(18)17-11-5-3-4-6-12(11)22-2/h3-6,10H,7-9H2,1-2H3,(H,16,21)(H,17,18)(H,19,20). The number of benzene rings is 1. The van der Waals surface area contributed by atoms with Crippen molar-refractivity contribution >= 4 is 35.2 Å². The monoisotopic (exact) mass is 340 g/mol. The van der Waals surface area contributed by atoms with Gasteiger partial charge in [0.25, 0.3) is 0 Å². The number of anilines is 1. The summed E-state index contributed by atoms with van der Waals surface area (Å²) in [6, 6.07) is 7.04. The van der Waals surface area contributed by atoms with Gasteiger partial charge in [-0.2, -0.15) is 0 Å². The van der Waals surface area contributed by atoms with Crippen molar-refractivity contribution in [2.75, 3.05) is 24.7 Å². The van der Waals surface area contributed by atoms with Gasteiger partial charge < -0.3 is 20.5 Å². The van der Waals surface area contributed by atoms with E-state index in [0.717, 1.165) is 0 Å². The van der Waals surface area contributed by atoms with Crippen LogP contribution >= 0.6 is 11.8 Å². The van der Waals surface area contributed by atoms with Crippen LogP contribution in [-0.2, 0) is 14.4 Å². The number of carboxylic acids is 1. The van der Waals surface area contributed by atoms with E-state index in [1.165, 1.54) is 18.9 Å². The number of methoxy groups -OCH3 is 1. The van der Waals surface area contributed by atoms with Gasteiger partial charge in [-0.1, -0.05) is 12.1 Å². The minimum absolute atomic E-state index is 0.0759. The van der Waals surface area contributed by atoms with Gasteiger partial charge in [0, 0.05) is 6.54 Å². The minimum atomic E-state index is -0.971. The molecule has 0 radical (unpaired) electrons. The van der Waals surface area contributed by atoms with E-state index in [-0.39, 0.29) is 30.5 Å². The predicted molar refractivity (Wildman–Crippen MR) is 88.8 cm³/mol. The van der Waals surface area contributed by atoms with Crippen LogP contribution in [0.15, 0.2) is 24.3 Å². The number of carboxylic acid groups (broad SMARTS) is 1. The van der Waals surface area contributed by atoms with Gasteiger partial charge in [-0.3, -0.25) is 14.4 Å². The first kappa shape index (κ1) is 18.8. The van der Waals surface area contributed by atoms with E-state index in [2.05, 4.69) is 10.6 Å². The average Bonchev–Trinajstić information content (AvgIpc) is 2.52. The maximum absolute atomic E-state index is 11.9. The Morgan fingerprint density at radius 2 is 2.00 bits per heavy atom. The molecule has 23 heavy (non-hydrogen) atoms. The van der Waals surface area contributed by atoms with E-state index in [0.29, 0.717) is 11.4 Å². The number of rotatable bonds is 9. The molecule has 126 valence electrons. The minimum Gasteiger partial charge on any atom is -0.495 e. The van der Waals surface area contributed by atoms with Crippen molar-refractivity contribution in [3.05, 3.63) is 24.3 Å². The number of carbonyl (C=O) groups excluding carboxylic acids is 2. The van der Waals surface area contributed by atoms with Gasteiger partial charge >= 0.3 is 5.97 Å². The molecular weight excluding hydrogens is 320 g/mol. The number of amides is 2. The summed E-state index contributed by atoms with van der Waals surface area (Å²) >= 11 is 1.17. The van der Waals surface area contributed by atoms with E-state index in [9.17, 15) is 14.4 Å². The lowest BCUT2D eigenvalue weighted by molar-refractivity contribution is -0.137. The highest BCUT2D eigenvalue weighted by atomic mass is 32.2. The Balaban J connectivity index is 2.37. The van der Waals surface area contributed by atoms with Crippen LogP contribution in [0, 0.1) is 0 Å². The van der Waals surface area contributed by atoms with E-state index >= 15 is 0 Å². The number of hydrogen-bond donors (Lipinski definition) is 3. The summed E-state index contributed by atoms with van der Waals surface area (Å²) in [5.74, 6) is -0.843. The quantitative estimate of drug-likeness (QED) is 0.627. The van der Waals surface area contributed by atoms with Crippen molar-refractivity contribution in [2.45, 2.75) is 18.6 Å². The molecule has 0 aromatic heterocycles. The number of thioether (sulfide) groups is 1. The highest BCUT2D eigenvalue weighted by molar-refractivity contribution is 8.01. The van der Waals surface area contributed by atoms with Gasteiger partial charge in [-0.25, -0.2) is 0 Å². The normalized spacial score (nSPS) is 11.4. The van der Waals surface area contributed by atoms with Gasteiger partial charge in [-0.05, 0) is 19.1 Å². The average molecular weight is 340 g/mol. The van der Waals surface area contributed by atoms with Gasteiger partial charge in [0.05, 0.1) is 30.2 Å². The van der Waals surface area contributed by atoms with Crippen molar-refractivity contribution in [1.29, 1.82) is 0 Å². The van der Waals surface area contributed by atoms with Gasteiger partial charge in [0.1, 0.15) is 5.75 Å². The lowest BCUT2D eigenvalue weighted by Crippen LogP contribution is -2.33. The van der Waals surface area contributed by atoms with Crippen LogP contribution in [0.25, 0.3) is 0 Å². The molecule has 1 atom stereocenters. The highest BCUT2D eigenvalue weighted by Crippen LogP contribution is 2.23. The molecule has 0 aliphatic heterocycles. The molecule has 0 spiro atoms. The number of ether oxygens (including phenoxy) is 1. The fourth-order valence-corrected chi connectivity index (χ4v) is 2.36. The zero-order valence-electron chi connectivity index (χ0n) is 13.0. The fourth-order valence-electron chi connectivity index (χ4n) is 1.65. The molecule has 1 unspecified atom stereocenters. The number of hydrogen-bond acceptors (Lipinski definition) is 5. The Bertz CT molecular complexity index is 565. The van der Waals surface area contributed by atoms with Gasteiger partial charge in [-0.15, -0.1) is 11.8 Å². The van der Waals surface area contributed by atoms with Crippen molar-refractivity contribution < 1.29 is 24.2 Å². The fraction of sp³-hybridized carbons (Fsp3) is 0.400. The summed E-state index contributed by atoms with van der Waals surface area (Å²) in [7, 11) is 1.52. The number of aliphatic carboxylic acids is 1. The first-order chi connectivity index (χ1) is 10.9. The molecule has 0 aliphatic rings. The molecule has 0 saturated heterocycles. The van der Waals surface area contributed by atoms with Crippen molar-refractivity contribution in [3.63, 3.8) is 0 Å². The maximum atomic E-state index is 11.9. The van der Waals surface area contributed by atoms with Crippen LogP contribution < -0.4 is 15.4 Å². The molecule has 1 rings (SSSR count). The topological polar surface area (TPSA) is 105 Å². The third-order valence-corrected chi connectivity index (χ3v) is 4.00. The third-order valence-electron chi connectivity index (χ3n) is 2.85. The van der Waals surface area contributed by atoms with Crippen molar-refractivity contribution in [1.82, 2.24) is 5.32 Å². The Kier molecular flexibility index (Phi) is 7.96. The van der Waals surface area contributed by atoms with Gasteiger partial charge in [0.15, 0.2) is 0 Å². The van der Waals surface area contributed by atoms with Crippen LogP contribution in [0.5, 0.6) is 5.75 Å². The smallest absolute Gasteiger partial charge is 0.305 e. The lowest BCUT2D eigenvalue weighted by atomic mass is 10.3. The second kappa shape index (κ2) is 9.73. The molecule has 3 N–H and O–H groups in total. The van der Waals surface area contributed by atoms with Crippen LogP contribution in [0.1, 0.15) is 13.3 Å². The zero-order chi connectivity index (χ0) is 17.2. The predicted octanol–water partition coefficient (Wildman–Crippen LogP) is 1.35. The third kappa shape index (κ3) is 7.05. The Hall–Kier alpha value is -2.22. The Morgan fingerprint density at radius 3 is 2.65 bits per heavy atom. The first-order valence-electron chi connectivity index (χ1n) is 6.98. The maximum Gasteiger partial charge on any atom is 0.305 e. The molecular formula is C15H20N2O5S. The molecule has 8 heteroatoms. The van der Waals surface area contributed by atoms with Crippen LogP contribution in [-0.4, -0.2) is 47.5 Å². The molecule has 0 aliphatic carbocycles. The van der Waals surface area contributed by atoms with Crippen LogP contribution in [0.2, 0.25) is 0 Å². The highest BCUT2D eigenvalue weighted by Gasteiger charge is 2.15. The van der Waals surface area contributed by atoms with Crippen LogP contribution in [0.4, 0.5) is 5.69 Å². The lowest BCUT2D eigenvalue weighted by Gasteiger charge is -2.12. The summed E-state index contributed by atoms with van der Waals surface area (Å²) in [4.78, 5) is 34.0. The summed E-state index contributed by atoms with van der Waals surface area (Å²) in [5, 5.41) is 13.3. The molecule has 0 heterocycles. The molecule has 1 aromatic rings. The Morgan fingerprint density at radius 1 is 1.30 bits per heavy atom. The van der Waals surface area contributed by atoms with Crippen LogP contribution in [0.3, 0.4) is 0 Å². The SMILES string of the molecule is COc1ccccc1NC(=O)CSC(C)C(=O)NCCC(=O)O. The zero-order valence-corrected chi connectivity index (χ0v) is 13.8.